The molecular weight excluding hydrogens is 400 g/mol. The minimum atomic E-state index is -3.95. The summed E-state index contributed by atoms with van der Waals surface area (Å²) in [5, 5.41) is 6.76. The SMILES string of the molecule is Nc1n[nH]c2ccc(-c3ccc(S(=O)(=O)NC4CC(F)(F)C4)cc3Cl)nc12. The monoisotopic (exact) mass is 413 g/mol. The number of nitrogens with zero attached hydrogens (tertiary/aromatic N) is 2. The number of anilines is 1. The molecule has 2 heterocycles. The van der Waals surface area contributed by atoms with Gasteiger partial charge in [0.25, 0.3) is 5.92 Å². The maximum absolute atomic E-state index is 12.9. The van der Waals surface area contributed by atoms with Crippen LogP contribution in [0.5, 0.6) is 0 Å². The lowest BCUT2D eigenvalue weighted by Crippen LogP contribution is -2.50. The van der Waals surface area contributed by atoms with Gasteiger partial charge in [-0.15, -0.1) is 0 Å². The molecule has 0 atom stereocenters. The summed E-state index contributed by atoms with van der Waals surface area (Å²) in [7, 11) is -3.95. The minimum Gasteiger partial charge on any atom is -0.380 e. The first-order chi connectivity index (χ1) is 12.6. The van der Waals surface area contributed by atoms with Crippen LogP contribution < -0.4 is 10.5 Å². The number of nitrogens with two attached hydrogens (primary N) is 1. The van der Waals surface area contributed by atoms with Gasteiger partial charge in [-0.3, -0.25) is 5.10 Å². The number of fused-ring (bicyclic) bond motifs is 1. The molecule has 0 bridgehead atoms. The van der Waals surface area contributed by atoms with E-state index in [1.165, 1.54) is 18.2 Å². The second kappa shape index (κ2) is 6.11. The van der Waals surface area contributed by atoms with Crippen LogP contribution in [0.4, 0.5) is 14.6 Å². The van der Waals surface area contributed by atoms with Gasteiger partial charge >= 0.3 is 0 Å². The Morgan fingerprint density at radius 1 is 1.26 bits per heavy atom. The van der Waals surface area contributed by atoms with Crippen molar-refractivity contribution in [3.05, 3.63) is 35.4 Å². The number of hydrogen-bond acceptors (Lipinski definition) is 5. The Labute approximate surface area is 158 Å². The average Bonchev–Trinajstić information content (AvgIpc) is 2.93. The maximum atomic E-state index is 12.9. The van der Waals surface area contributed by atoms with Crippen molar-refractivity contribution < 1.29 is 17.2 Å². The van der Waals surface area contributed by atoms with Gasteiger partial charge in [-0.1, -0.05) is 11.6 Å². The molecule has 1 aliphatic rings. The summed E-state index contributed by atoms with van der Waals surface area (Å²) in [6.07, 6.45) is -1.01. The highest BCUT2D eigenvalue weighted by Gasteiger charge is 2.46. The summed E-state index contributed by atoms with van der Waals surface area (Å²) in [4.78, 5) is 4.29. The number of aromatic nitrogens is 3. The van der Waals surface area contributed by atoms with E-state index in [0.717, 1.165) is 0 Å². The van der Waals surface area contributed by atoms with E-state index in [1.54, 1.807) is 12.1 Å². The van der Waals surface area contributed by atoms with Crippen molar-refractivity contribution in [2.24, 2.45) is 0 Å². The van der Waals surface area contributed by atoms with E-state index in [9.17, 15) is 17.2 Å². The van der Waals surface area contributed by atoms with E-state index in [4.69, 9.17) is 17.3 Å². The zero-order valence-corrected chi connectivity index (χ0v) is 15.3. The van der Waals surface area contributed by atoms with Crippen LogP contribution in [0, 0.1) is 0 Å². The van der Waals surface area contributed by atoms with Crippen LogP contribution >= 0.6 is 11.6 Å². The molecule has 1 fully saturated rings. The summed E-state index contributed by atoms with van der Waals surface area (Å²) < 4.78 is 52.8. The zero-order chi connectivity index (χ0) is 19.4. The van der Waals surface area contributed by atoms with Crippen molar-refractivity contribution in [3.8, 4) is 11.3 Å². The van der Waals surface area contributed by atoms with Gasteiger partial charge in [0.2, 0.25) is 10.0 Å². The van der Waals surface area contributed by atoms with Gasteiger partial charge in [-0.25, -0.2) is 26.9 Å². The quantitative estimate of drug-likeness (QED) is 0.608. The summed E-state index contributed by atoms with van der Waals surface area (Å²) in [5.74, 6) is -2.57. The third kappa shape index (κ3) is 3.35. The maximum Gasteiger partial charge on any atom is 0.251 e. The molecule has 1 aromatic carbocycles. The number of hydrogen-bond donors (Lipinski definition) is 3. The number of benzene rings is 1. The van der Waals surface area contributed by atoms with Gasteiger partial charge in [-0.05, 0) is 30.3 Å². The molecule has 0 spiro atoms. The molecule has 2 aromatic heterocycles. The molecule has 4 rings (SSSR count). The normalized spacial score (nSPS) is 17.1. The van der Waals surface area contributed by atoms with Crippen molar-refractivity contribution in [1.29, 1.82) is 0 Å². The van der Waals surface area contributed by atoms with Crippen molar-refractivity contribution in [2.75, 3.05) is 5.73 Å². The molecule has 0 aliphatic heterocycles. The third-order valence-corrected chi connectivity index (χ3v) is 6.20. The molecule has 1 saturated carbocycles. The first-order valence-corrected chi connectivity index (χ1v) is 9.81. The fourth-order valence-corrected chi connectivity index (χ4v) is 4.57. The number of alkyl halides is 2. The van der Waals surface area contributed by atoms with E-state index >= 15 is 0 Å². The van der Waals surface area contributed by atoms with Crippen molar-refractivity contribution in [1.82, 2.24) is 19.9 Å². The molecule has 0 amide bonds. The Balaban J connectivity index is 1.62. The summed E-state index contributed by atoms with van der Waals surface area (Å²) in [6.45, 7) is 0. The van der Waals surface area contributed by atoms with Crippen LogP contribution in [0.3, 0.4) is 0 Å². The van der Waals surface area contributed by atoms with Crippen LogP contribution in [0.25, 0.3) is 22.3 Å². The van der Waals surface area contributed by atoms with E-state index in [0.29, 0.717) is 22.3 Å². The Hall–Kier alpha value is -2.30. The highest BCUT2D eigenvalue weighted by atomic mass is 35.5. The zero-order valence-electron chi connectivity index (χ0n) is 13.7. The number of rotatable bonds is 4. The van der Waals surface area contributed by atoms with E-state index in [1.807, 2.05) is 0 Å². The Kier molecular flexibility index (Phi) is 4.09. The molecule has 0 saturated heterocycles. The minimum absolute atomic E-state index is 0.102. The Morgan fingerprint density at radius 2 is 2.00 bits per heavy atom. The van der Waals surface area contributed by atoms with Gasteiger partial charge in [0.15, 0.2) is 5.82 Å². The molecule has 7 nitrogen and oxygen atoms in total. The number of H-pyrrole nitrogens is 1. The number of halogens is 3. The lowest BCUT2D eigenvalue weighted by atomic mass is 9.89. The van der Waals surface area contributed by atoms with Crippen molar-refractivity contribution in [2.45, 2.75) is 29.7 Å². The number of aromatic amines is 1. The smallest absolute Gasteiger partial charge is 0.251 e. The second-order valence-corrected chi connectivity index (χ2v) is 8.55. The van der Waals surface area contributed by atoms with Crippen LogP contribution in [0.1, 0.15) is 12.8 Å². The fourth-order valence-electron chi connectivity index (χ4n) is 2.97. The van der Waals surface area contributed by atoms with E-state index < -0.39 is 34.8 Å². The highest BCUT2D eigenvalue weighted by molar-refractivity contribution is 7.89. The van der Waals surface area contributed by atoms with E-state index in [2.05, 4.69) is 19.9 Å². The predicted octanol–water partition coefficient (Wildman–Crippen LogP) is 2.94. The van der Waals surface area contributed by atoms with Gasteiger partial charge in [0.1, 0.15) is 5.52 Å². The summed E-state index contributed by atoms with van der Waals surface area (Å²) in [6, 6.07) is 6.78. The average molecular weight is 414 g/mol. The van der Waals surface area contributed by atoms with Crippen LogP contribution in [0.15, 0.2) is 35.2 Å². The second-order valence-electron chi connectivity index (χ2n) is 6.43. The predicted molar refractivity (Wildman–Crippen MR) is 97.0 cm³/mol. The van der Waals surface area contributed by atoms with Crippen molar-refractivity contribution >= 4 is 38.5 Å². The number of nitrogens with one attached hydrogen (secondary N) is 2. The van der Waals surface area contributed by atoms with Gasteiger partial charge < -0.3 is 5.73 Å². The standard InChI is InChI=1S/C16H14ClF2N5O2S/c17-11-5-9(27(25,26)24-8-6-16(18,19)7-8)1-2-10(11)12-3-4-13-14(21-12)15(20)23-22-13/h1-5,8,24H,6-7H2,(H3,20,22,23). The lowest BCUT2D eigenvalue weighted by Gasteiger charge is -2.34. The van der Waals surface area contributed by atoms with Crippen LogP contribution in [-0.2, 0) is 10.0 Å². The molecule has 142 valence electrons. The van der Waals surface area contributed by atoms with Crippen LogP contribution in [0.2, 0.25) is 5.02 Å². The van der Waals surface area contributed by atoms with Gasteiger partial charge in [0.05, 0.1) is 21.1 Å². The summed E-state index contributed by atoms with van der Waals surface area (Å²) >= 11 is 6.26. The molecule has 27 heavy (non-hydrogen) atoms. The number of sulfonamides is 1. The van der Waals surface area contributed by atoms with Crippen molar-refractivity contribution in [3.63, 3.8) is 0 Å². The summed E-state index contributed by atoms with van der Waals surface area (Å²) in [5.41, 5.74) is 7.89. The molecule has 1 aliphatic carbocycles. The Bertz CT molecular complexity index is 1140. The molecule has 0 radical (unpaired) electrons. The molecule has 0 unspecified atom stereocenters. The first-order valence-electron chi connectivity index (χ1n) is 7.95. The highest BCUT2D eigenvalue weighted by Crippen LogP contribution is 2.38. The third-order valence-electron chi connectivity index (χ3n) is 4.37. The van der Waals surface area contributed by atoms with Gasteiger partial charge in [-0.2, -0.15) is 5.10 Å². The molecule has 11 heteroatoms. The molecule has 4 N–H and O–H groups in total. The Morgan fingerprint density at radius 3 is 2.67 bits per heavy atom. The number of nitrogen functional groups attached to an aromatic ring is 1. The largest absolute Gasteiger partial charge is 0.380 e. The van der Waals surface area contributed by atoms with E-state index in [-0.39, 0.29) is 15.7 Å². The van der Waals surface area contributed by atoms with Gasteiger partial charge in [0, 0.05) is 24.4 Å². The molecular formula is C16H14ClF2N5O2S. The van der Waals surface area contributed by atoms with Crippen LogP contribution in [-0.4, -0.2) is 35.6 Å². The first kappa shape index (κ1) is 18.1. The number of pyridine rings is 1. The molecule has 3 aromatic rings. The fraction of sp³-hybridized carbons (Fsp3) is 0.250. The lowest BCUT2D eigenvalue weighted by molar-refractivity contribution is -0.0876. The topological polar surface area (TPSA) is 114 Å².